The van der Waals surface area contributed by atoms with Crippen molar-refractivity contribution in [2.45, 2.75) is 58.6 Å². The molecule has 1 aromatic rings. The molecule has 1 aliphatic rings. The van der Waals surface area contributed by atoms with Gasteiger partial charge >= 0.3 is 7.05 Å². The first-order valence-electron chi connectivity index (χ1n) is 7.11. The molecule has 2 atom stereocenters. The monoisotopic (exact) mass is 245 g/mol. The Morgan fingerprint density at radius 1 is 1.33 bits per heavy atom. The molecule has 2 rings (SSSR count). The minimum atomic E-state index is 0.249. The summed E-state index contributed by atoms with van der Waals surface area (Å²) in [5.41, 5.74) is 1.31. The molecule has 0 aromatic heterocycles. The molecule has 3 heteroatoms. The predicted octanol–water partition coefficient (Wildman–Crippen LogP) is 3.76. The maximum absolute atomic E-state index is 6.29. The van der Waals surface area contributed by atoms with Crippen molar-refractivity contribution in [1.29, 1.82) is 0 Å². The van der Waals surface area contributed by atoms with E-state index in [1.807, 2.05) is 0 Å². The van der Waals surface area contributed by atoms with Gasteiger partial charge in [-0.2, -0.15) is 0 Å². The Morgan fingerprint density at radius 3 is 2.56 bits per heavy atom. The summed E-state index contributed by atoms with van der Waals surface area (Å²) in [5, 5.41) is 0. The van der Waals surface area contributed by atoms with Crippen LogP contribution >= 0.6 is 0 Å². The molecule has 1 saturated heterocycles. The molecule has 0 bridgehead atoms. The minimum Gasteiger partial charge on any atom is -0.414 e. The van der Waals surface area contributed by atoms with Crippen LogP contribution in [-0.4, -0.2) is 23.9 Å². The van der Waals surface area contributed by atoms with Gasteiger partial charge in [-0.05, 0) is 24.3 Å². The molecule has 0 saturated carbocycles. The molecular weight excluding hydrogens is 221 g/mol. The van der Waals surface area contributed by atoms with Crippen molar-refractivity contribution in [3.05, 3.63) is 35.9 Å². The number of nitrogens with zero attached hydrogens (tertiary/aromatic N) is 1. The molecule has 18 heavy (non-hydrogen) atoms. The maximum Gasteiger partial charge on any atom is 0.383 e. The van der Waals surface area contributed by atoms with Crippen LogP contribution in [0.1, 0.15) is 45.8 Å². The quantitative estimate of drug-likeness (QED) is 0.752. The lowest BCUT2D eigenvalue weighted by Crippen LogP contribution is -2.55. The summed E-state index contributed by atoms with van der Waals surface area (Å²) < 4.78 is 6.29. The average molecular weight is 245 g/mol. The first-order valence-corrected chi connectivity index (χ1v) is 7.11. The third-order valence-corrected chi connectivity index (χ3v) is 3.83. The largest absolute Gasteiger partial charge is 0.414 e. The van der Waals surface area contributed by atoms with Crippen LogP contribution in [0.25, 0.3) is 0 Å². The third-order valence-electron chi connectivity index (χ3n) is 3.83. The van der Waals surface area contributed by atoms with Crippen molar-refractivity contribution in [3.63, 3.8) is 0 Å². The molecule has 1 fully saturated rings. The molecule has 0 radical (unpaired) electrons. The fourth-order valence-corrected chi connectivity index (χ4v) is 3.06. The number of hydrogen-bond donors (Lipinski definition) is 0. The van der Waals surface area contributed by atoms with Gasteiger partial charge in [-0.15, -0.1) is 0 Å². The lowest BCUT2D eigenvalue weighted by atomic mass is 9.70. The summed E-state index contributed by atoms with van der Waals surface area (Å²) >= 11 is 0. The average Bonchev–Trinajstić information content (AvgIpc) is 2.38. The van der Waals surface area contributed by atoms with Gasteiger partial charge in [0.15, 0.2) is 0 Å². The van der Waals surface area contributed by atoms with Crippen LogP contribution < -0.4 is 0 Å². The zero-order valence-electron chi connectivity index (χ0n) is 12.0. The van der Waals surface area contributed by atoms with E-state index in [4.69, 9.17) is 4.65 Å². The fraction of sp³-hybridized carbons (Fsp3) is 0.600. The Bertz CT molecular complexity index is 368. The topological polar surface area (TPSA) is 12.5 Å². The van der Waals surface area contributed by atoms with Gasteiger partial charge in [-0.1, -0.05) is 58.0 Å². The second-order valence-corrected chi connectivity index (χ2v) is 5.52. The Kier molecular flexibility index (Phi) is 4.47. The van der Waals surface area contributed by atoms with Crippen LogP contribution in [0.15, 0.2) is 30.3 Å². The molecular formula is C15H24BNO. The summed E-state index contributed by atoms with van der Waals surface area (Å²) in [7, 11) is 0.249. The molecule has 2 unspecified atom stereocenters. The van der Waals surface area contributed by atoms with Crippen molar-refractivity contribution < 1.29 is 4.65 Å². The SMILES string of the molecule is CCB1OC(c2ccccc2)CC(C)N1C(C)C. The smallest absolute Gasteiger partial charge is 0.383 e. The van der Waals surface area contributed by atoms with Crippen molar-refractivity contribution >= 4 is 7.05 Å². The number of rotatable bonds is 3. The van der Waals surface area contributed by atoms with Gasteiger partial charge in [0.1, 0.15) is 0 Å². The van der Waals surface area contributed by atoms with Gasteiger partial charge < -0.3 is 9.47 Å². The molecule has 1 aromatic carbocycles. The number of benzene rings is 1. The predicted molar refractivity (Wildman–Crippen MR) is 77.6 cm³/mol. The van der Waals surface area contributed by atoms with Crippen LogP contribution in [-0.2, 0) is 4.65 Å². The molecule has 1 heterocycles. The highest BCUT2D eigenvalue weighted by Gasteiger charge is 2.38. The standard InChI is InChI=1S/C15H24BNO/c1-5-16-17(12(2)3)13(4)11-15(18-16)14-9-7-6-8-10-14/h6-10,12-13,15H,5,11H2,1-4H3. The zero-order chi connectivity index (χ0) is 13.1. The van der Waals surface area contributed by atoms with Crippen LogP contribution in [0.3, 0.4) is 0 Å². The molecule has 2 nitrogen and oxygen atoms in total. The van der Waals surface area contributed by atoms with E-state index in [1.165, 1.54) is 5.56 Å². The van der Waals surface area contributed by atoms with Crippen molar-refractivity contribution in [3.8, 4) is 0 Å². The molecule has 1 aliphatic heterocycles. The van der Waals surface area contributed by atoms with Gasteiger partial charge in [-0.3, -0.25) is 0 Å². The Labute approximate surface area is 111 Å². The van der Waals surface area contributed by atoms with Gasteiger partial charge in [0, 0.05) is 6.04 Å². The van der Waals surface area contributed by atoms with Crippen molar-refractivity contribution in [1.82, 2.24) is 4.81 Å². The molecule has 0 amide bonds. The molecule has 98 valence electrons. The van der Waals surface area contributed by atoms with Gasteiger partial charge in [0.2, 0.25) is 0 Å². The van der Waals surface area contributed by atoms with E-state index in [0.29, 0.717) is 12.1 Å². The van der Waals surface area contributed by atoms with E-state index in [9.17, 15) is 0 Å². The Morgan fingerprint density at radius 2 is 2.00 bits per heavy atom. The fourth-order valence-electron chi connectivity index (χ4n) is 3.06. The van der Waals surface area contributed by atoms with E-state index in [-0.39, 0.29) is 13.2 Å². The molecule has 0 spiro atoms. The minimum absolute atomic E-state index is 0.249. The first kappa shape index (κ1) is 13.6. The van der Waals surface area contributed by atoms with E-state index in [1.54, 1.807) is 0 Å². The zero-order valence-corrected chi connectivity index (χ0v) is 12.0. The van der Waals surface area contributed by atoms with Crippen molar-refractivity contribution in [2.24, 2.45) is 0 Å². The van der Waals surface area contributed by atoms with Crippen LogP contribution in [0.5, 0.6) is 0 Å². The highest BCUT2D eigenvalue weighted by atomic mass is 16.5. The first-order chi connectivity index (χ1) is 8.63. The second kappa shape index (κ2) is 5.90. The van der Waals surface area contributed by atoms with E-state index < -0.39 is 0 Å². The summed E-state index contributed by atoms with van der Waals surface area (Å²) in [4.78, 5) is 2.50. The van der Waals surface area contributed by atoms with Crippen LogP contribution in [0.4, 0.5) is 0 Å². The van der Waals surface area contributed by atoms with E-state index in [2.05, 4.69) is 62.8 Å². The van der Waals surface area contributed by atoms with E-state index >= 15 is 0 Å². The summed E-state index contributed by atoms with van der Waals surface area (Å²) in [5.74, 6) is 0. The lowest BCUT2D eigenvalue weighted by molar-refractivity contribution is 0.0709. The third kappa shape index (κ3) is 2.78. The lowest BCUT2D eigenvalue weighted by Gasteiger charge is -2.44. The molecule has 0 N–H and O–H groups in total. The van der Waals surface area contributed by atoms with Crippen molar-refractivity contribution in [2.75, 3.05) is 0 Å². The van der Waals surface area contributed by atoms with Gasteiger partial charge in [0.25, 0.3) is 0 Å². The normalized spacial score (nSPS) is 25.7. The summed E-state index contributed by atoms with van der Waals surface area (Å²) in [6, 6.07) is 11.7. The van der Waals surface area contributed by atoms with Gasteiger partial charge in [-0.25, -0.2) is 0 Å². The Hall–Kier alpha value is -0.795. The highest BCUT2D eigenvalue weighted by Crippen LogP contribution is 2.33. The highest BCUT2D eigenvalue weighted by molar-refractivity contribution is 6.49. The summed E-state index contributed by atoms with van der Waals surface area (Å²) in [6.07, 6.45) is 2.38. The second-order valence-electron chi connectivity index (χ2n) is 5.52. The van der Waals surface area contributed by atoms with Crippen LogP contribution in [0, 0.1) is 0 Å². The Balaban J connectivity index is 2.15. The van der Waals surface area contributed by atoms with E-state index in [0.717, 1.165) is 12.7 Å². The van der Waals surface area contributed by atoms with Gasteiger partial charge in [0.05, 0.1) is 6.10 Å². The molecule has 0 aliphatic carbocycles. The number of hydrogen-bond acceptors (Lipinski definition) is 2. The maximum atomic E-state index is 6.29. The summed E-state index contributed by atoms with van der Waals surface area (Å²) in [6.45, 7) is 9.04. The van der Waals surface area contributed by atoms with Crippen LogP contribution in [0.2, 0.25) is 6.32 Å².